The second-order valence-corrected chi connectivity index (χ2v) is 11.4. The van der Waals surface area contributed by atoms with Crippen LogP contribution in [0.15, 0.2) is 36.5 Å². The van der Waals surface area contributed by atoms with Gasteiger partial charge in [0.25, 0.3) is 11.8 Å². The summed E-state index contributed by atoms with van der Waals surface area (Å²) in [6.45, 7) is 7.01. The van der Waals surface area contributed by atoms with Crippen LogP contribution in [0.25, 0.3) is 5.65 Å². The molecule has 0 unspecified atom stereocenters. The van der Waals surface area contributed by atoms with Gasteiger partial charge < -0.3 is 19.5 Å². The number of fused-ring (bicyclic) bond motifs is 2. The Morgan fingerprint density at radius 2 is 1.70 bits per heavy atom. The van der Waals surface area contributed by atoms with Crippen molar-refractivity contribution in [1.82, 2.24) is 24.8 Å². The SMILES string of the molecule is COC[C@H](c1cc2nc([C@@H](NC(=O)OC(C)(C)C)[C@@H](C)O[C@H](C)C(F)(F)F)cn2nc1Cl)N1C(=O)c2ccccc2C1=O. The van der Waals surface area contributed by atoms with Crippen LogP contribution in [0, 0.1) is 0 Å². The molecule has 3 aromatic rings. The molecule has 1 N–H and O–H groups in total. The lowest BCUT2D eigenvalue weighted by atomic mass is 10.1. The highest BCUT2D eigenvalue weighted by atomic mass is 35.5. The van der Waals surface area contributed by atoms with E-state index >= 15 is 0 Å². The number of hydrogen-bond acceptors (Lipinski definition) is 8. The van der Waals surface area contributed by atoms with Gasteiger partial charge in [0.2, 0.25) is 0 Å². The van der Waals surface area contributed by atoms with Crippen molar-refractivity contribution in [3.63, 3.8) is 0 Å². The van der Waals surface area contributed by atoms with Gasteiger partial charge in [-0.3, -0.25) is 14.5 Å². The summed E-state index contributed by atoms with van der Waals surface area (Å²) in [6.07, 6.45) is -7.53. The van der Waals surface area contributed by atoms with Crippen molar-refractivity contribution in [3.8, 4) is 0 Å². The van der Waals surface area contributed by atoms with Crippen molar-refractivity contribution in [2.45, 2.75) is 70.7 Å². The fourth-order valence-electron chi connectivity index (χ4n) is 4.61. The minimum Gasteiger partial charge on any atom is -0.444 e. The molecular formula is C28H31ClF3N5O6. The van der Waals surface area contributed by atoms with Crippen molar-refractivity contribution < 1.29 is 41.8 Å². The van der Waals surface area contributed by atoms with Gasteiger partial charge in [-0.1, -0.05) is 23.7 Å². The number of alkyl halides is 3. The van der Waals surface area contributed by atoms with Gasteiger partial charge in [0.15, 0.2) is 16.9 Å². The molecule has 3 amide bonds. The molecule has 2 aromatic heterocycles. The number of benzene rings is 1. The average Bonchev–Trinajstić information content (AvgIpc) is 3.41. The largest absolute Gasteiger partial charge is 0.444 e. The summed E-state index contributed by atoms with van der Waals surface area (Å²) in [7, 11) is 1.40. The first kappa shape index (κ1) is 32.2. The predicted octanol–water partition coefficient (Wildman–Crippen LogP) is 5.29. The van der Waals surface area contributed by atoms with E-state index in [0.29, 0.717) is 0 Å². The third kappa shape index (κ3) is 6.92. The number of imide groups is 1. The number of nitrogens with zero attached hydrogens (tertiary/aromatic N) is 4. The van der Waals surface area contributed by atoms with Crippen molar-refractivity contribution in [1.29, 1.82) is 0 Å². The molecule has 4 atom stereocenters. The fourth-order valence-corrected chi connectivity index (χ4v) is 4.87. The summed E-state index contributed by atoms with van der Waals surface area (Å²) in [4.78, 5) is 44.6. The molecule has 0 bridgehead atoms. The summed E-state index contributed by atoms with van der Waals surface area (Å²) in [5, 5.41) is 6.76. The lowest BCUT2D eigenvalue weighted by Gasteiger charge is -2.29. The van der Waals surface area contributed by atoms with E-state index in [1.807, 2.05) is 0 Å². The molecule has 1 aromatic carbocycles. The van der Waals surface area contributed by atoms with Gasteiger partial charge in [-0.05, 0) is 52.8 Å². The van der Waals surface area contributed by atoms with E-state index in [4.69, 9.17) is 25.8 Å². The minimum absolute atomic E-state index is 0.0818. The van der Waals surface area contributed by atoms with E-state index in [1.165, 1.54) is 30.8 Å². The van der Waals surface area contributed by atoms with Gasteiger partial charge >= 0.3 is 12.3 Å². The van der Waals surface area contributed by atoms with Crippen LogP contribution in [-0.4, -0.2) is 75.1 Å². The van der Waals surface area contributed by atoms with Crippen molar-refractivity contribution in [2.75, 3.05) is 13.7 Å². The third-order valence-electron chi connectivity index (χ3n) is 6.61. The number of halogens is 4. The van der Waals surface area contributed by atoms with Crippen LogP contribution in [0.2, 0.25) is 5.15 Å². The number of aromatic nitrogens is 3. The van der Waals surface area contributed by atoms with Gasteiger partial charge in [-0.15, -0.1) is 0 Å². The maximum atomic E-state index is 13.3. The second kappa shape index (κ2) is 12.1. The first-order valence-electron chi connectivity index (χ1n) is 13.2. The molecule has 11 nitrogen and oxygen atoms in total. The quantitative estimate of drug-likeness (QED) is 0.318. The number of alkyl carbamates (subject to hydrolysis) is 1. The standard InChI is InChI=1S/C28H31ClF3N5O6/c1-14(42-15(2)28(30,31)32)22(34-26(40)43-27(3,4)5)19-12-36-21(33-19)11-18(23(29)35-36)20(13-41-6)37-24(38)16-9-7-8-10-17(16)25(37)39/h7-12,14-15,20,22H,13H2,1-6H3,(H,34,40)/t14-,15-,20-,22+/m1/s1. The zero-order chi connectivity index (χ0) is 31.9. The first-order valence-corrected chi connectivity index (χ1v) is 13.6. The van der Waals surface area contributed by atoms with Crippen LogP contribution >= 0.6 is 11.6 Å². The summed E-state index contributed by atoms with van der Waals surface area (Å²) < 4.78 is 56.9. The number of nitrogens with one attached hydrogen (secondary N) is 1. The van der Waals surface area contributed by atoms with Crippen LogP contribution < -0.4 is 5.32 Å². The Labute approximate surface area is 250 Å². The Balaban J connectivity index is 1.73. The summed E-state index contributed by atoms with van der Waals surface area (Å²) in [6, 6.07) is 5.69. The van der Waals surface area contributed by atoms with Crippen molar-refractivity contribution >= 4 is 35.2 Å². The lowest BCUT2D eigenvalue weighted by molar-refractivity contribution is -0.227. The number of rotatable bonds is 9. The van der Waals surface area contributed by atoms with Gasteiger partial charge in [0, 0.05) is 12.7 Å². The van der Waals surface area contributed by atoms with E-state index in [9.17, 15) is 27.6 Å². The highest BCUT2D eigenvalue weighted by molar-refractivity contribution is 6.30. The smallest absolute Gasteiger partial charge is 0.414 e. The van der Waals surface area contributed by atoms with E-state index < -0.39 is 54.0 Å². The van der Waals surface area contributed by atoms with Crippen LogP contribution in [0.1, 0.15) is 78.7 Å². The Kier molecular flexibility index (Phi) is 9.05. The Bertz CT molecular complexity index is 1500. The maximum Gasteiger partial charge on any atom is 0.414 e. The van der Waals surface area contributed by atoms with Crippen molar-refractivity contribution in [3.05, 3.63) is 64.1 Å². The molecule has 3 heterocycles. The van der Waals surface area contributed by atoms with E-state index in [1.54, 1.807) is 45.0 Å². The van der Waals surface area contributed by atoms with Gasteiger partial charge in [-0.2, -0.15) is 18.3 Å². The Morgan fingerprint density at radius 1 is 1.09 bits per heavy atom. The molecule has 0 spiro atoms. The summed E-state index contributed by atoms with van der Waals surface area (Å²) in [5.41, 5.74) is 0.0902. The van der Waals surface area contributed by atoms with E-state index in [0.717, 1.165) is 11.8 Å². The van der Waals surface area contributed by atoms with Crippen LogP contribution in [0.5, 0.6) is 0 Å². The number of carbonyl (C=O) groups is 3. The molecule has 15 heteroatoms. The molecule has 1 aliphatic heterocycles. The van der Waals surface area contributed by atoms with E-state index in [-0.39, 0.29) is 39.8 Å². The highest BCUT2D eigenvalue weighted by Crippen LogP contribution is 2.35. The Morgan fingerprint density at radius 3 is 2.23 bits per heavy atom. The molecular weight excluding hydrogens is 595 g/mol. The number of amides is 3. The maximum absolute atomic E-state index is 13.3. The van der Waals surface area contributed by atoms with Gasteiger partial charge in [0.1, 0.15) is 11.6 Å². The van der Waals surface area contributed by atoms with Gasteiger partial charge in [0.05, 0.1) is 41.8 Å². The normalized spacial score (nSPS) is 16.7. The Hall–Kier alpha value is -3.75. The molecule has 0 saturated heterocycles. The molecule has 0 radical (unpaired) electrons. The molecule has 0 fully saturated rings. The van der Waals surface area contributed by atoms with Gasteiger partial charge in [-0.25, -0.2) is 14.3 Å². The molecule has 4 rings (SSSR count). The monoisotopic (exact) mass is 625 g/mol. The molecule has 0 saturated carbocycles. The predicted molar refractivity (Wildman–Crippen MR) is 148 cm³/mol. The molecule has 43 heavy (non-hydrogen) atoms. The summed E-state index contributed by atoms with van der Waals surface area (Å²) in [5.74, 6) is -1.07. The topological polar surface area (TPSA) is 124 Å². The number of ether oxygens (including phenoxy) is 3. The molecule has 232 valence electrons. The number of methoxy groups -OCH3 is 1. The zero-order valence-corrected chi connectivity index (χ0v) is 25.0. The van der Waals surface area contributed by atoms with Crippen molar-refractivity contribution in [2.24, 2.45) is 0 Å². The lowest BCUT2D eigenvalue weighted by Crippen LogP contribution is -2.42. The first-order chi connectivity index (χ1) is 20.0. The van der Waals surface area contributed by atoms with Crippen LogP contribution in [0.3, 0.4) is 0 Å². The summed E-state index contributed by atoms with van der Waals surface area (Å²) >= 11 is 6.54. The fraction of sp³-hybridized carbons (Fsp3) is 0.464. The minimum atomic E-state index is -4.64. The van der Waals surface area contributed by atoms with E-state index in [2.05, 4.69) is 15.4 Å². The van der Waals surface area contributed by atoms with Crippen LogP contribution in [-0.2, 0) is 14.2 Å². The third-order valence-corrected chi connectivity index (χ3v) is 6.91. The second-order valence-electron chi connectivity index (χ2n) is 11.0. The molecule has 1 aliphatic rings. The number of carbonyl (C=O) groups excluding carboxylic acids is 3. The molecule has 0 aliphatic carbocycles. The highest BCUT2D eigenvalue weighted by Gasteiger charge is 2.42. The zero-order valence-electron chi connectivity index (χ0n) is 24.2. The number of imidazole rings is 1. The number of hydrogen-bond donors (Lipinski definition) is 1. The average molecular weight is 626 g/mol. The van der Waals surface area contributed by atoms with Crippen LogP contribution in [0.4, 0.5) is 18.0 Å².